The molecule has 21 heavy (non-hydrogen) atoms. The van der Waals surface area contributed by atoms with E-state index < -0.39 is 22.7 Å². The van der Waals surface area contributed by atoms with E-state index in [9.17, 15) is 13.8 Å². The summed E-state index contributed by atoms with van der Waals surface area (Å²) in [6.07, 6.45) is 0. The van der Waals surface area contributed by atoms with Gasteiger partial charge in [0.2, 0.25) is 5.76 Å². The van der Waals surface area contributed by atoms with Crippen LogP contribution in [0.3, 0.4) is 0 Å². The van der Waals surface area contributed by atoms with Gasteiger partial charge in [0, 0.05) is 16.6 Å². The summed E-state index contributed by atoms with van der Waals surface area (Å²) in [6.45, 7) is 0. The molecule has 0 radical (unpaired) electrons. The highest BCUT2D eigenvalue weighted by molar-refractivity contribution is 7.83. The number of hydrogen-bond donors (Lipinski definition) is 2. The van der Waals surface area contributed by atoms with Crippen molar-refractivity contribution in [1.29, 1.82) is 0 Å². The van der Waals surface area contributed by atoms with Crippen molar-refractivity contribution < 1.29 is 28.4 Å². The molecule has 0 saturated heterocycles. The highest BCUT2D eigenvalue weighted by Gasteiger charge is 2.12. The maximum atomic E-state index is 12.0. The fraction of sp³-hybridized carbons (Fsp3) is 0.143. The van der Waals surface area contributed by atoms with Crippen LogP contribution in [0.5, 0.6) is 0 Å². The van der Waals surface area contributed by atoms with Gasteiger partial charge in [-0.1, -0.05) is 12.1 Å². The Kier molecular flexibility index (Phi) is 4.54. The minimum absolute atomic E-state index is 0.105. The Morgan fingerprint density at radius 1 is 0.952 bits per heavy atom. The Bertz CT molecular complexity index is 686. The van der Waals surface area contributed by atoms with Crippen molar-refractivity contribution in [3.63, 3.8) is 0 Å². The molecule has 0 fully saturated rings. The van der Waals surface area contributed by atoms with Crippen LogP contribution in [0, 0.1) is 0 Å². The van der Waals surface area contributed by atoms with Crippen LogP contribution in [-0.2, 0) is 22.3 Å². The first kappa shape index (κ1) is 15.0. The van der Waals surface area contributed by atoms with Crippen LogP contribution in [0.25, 0.3) is 0 Å². The van der Waals surface area contributed by atoms with E-state index >= 15 is 0 Å². The molecule has 1 aromatic heterocycles. The molecule has 0 aliphatic carbocycles. The third kappa shape index (κ3) is 4.03. The predicted molar refractivity (Wildman–Crippen MR) is 74.6 cm³/mol. The largest absolute Gasteiger partial charge is 0.478 e. The van der Waals surface area contributed by atoms with E-state index in [1.165, 1.54) is 24.3 Å². The van der Waals surface area contributed by atoms with Gasteiger partial charge in [-0.05, 0) is 29.8 Å². The van der Waals surface area contributed by atoms with Crippen molar-refractivity contribution >= 4 is 22.7 Å². The van der Waals surface area contributed by atoms with Crippen molar-refractivity contribution in [2.24, 2.45) is 0 Å². The molecule has 2 rings (SSSR count). The first-order valence-corrected chi connectivity index (χ1v) is 7.43. The van der Waals surface area contributed by atoms with E-state index in [1.54, 1.807) is 12.1 Å². The number of rotatable bonds is 6. The van der Waals surface area contributed by atoms with Crippen molar-refractivity contribution in [2.45, 2.75) is 11.5 Å². The van der Waals surface area contributed by atoms with E-state index in [-0.39, 0.29) is 22.8 Å². The first-order chi connectivity index (χ1) is 9.95. The predicted octanol–water partition coefficient (Wildman–Crippen LogP) is 2.12. The van der Waals surface area contributed by atoms with Gasteiger partial charge in [-0.2, -0.15) is 0 Å². The van der Waals surface area contributed by atoms with E-state index in [0.717, 1.165) is 5.56 Å². The van der Waals surface area contributed by atoms with Crippen LogP contribution in [-0.4, -0.2) is 26.4 Å². The highest BCUT2D eigenvalue weighted by atomic mass is 32.2. The summed E-state index contributed by atoms with van der Waals surface area (Å²) in [5, 5.41) is 17.5. The Hall–Kier alpha value is -2.41. The zero-order chi connectivity index (χ0) is 15.4. The normalized spacial score (nSPS) is 12.0. The number of benzene rings is 1. The molecular formula is C14H12O6S. The second-order valence-electron chi connectivity index (χ2n) is 4.30. The van der Waals surface area contributed by atoms with E-state index in [2.05, 4.69) is 0 Å². The SMILES string of the molecule is O=C(O)c1ccc(CS(=O)Cc2ccc(C(=O)O)o2)cc1. The second-order valence-corrected chi connectivity index (χ2v) is 5.76. The average Bonchev–Trinajstić information content (AvgIpc) is 2.87. The van der Waals surface area contributed by atoms with Gasteiger partial charge < -0.3 is 14.6 Å². The molecule has 1 atom stereocenters. The molecule has 6 nitrogen and oxygen atoms in total. The van der Waals surface area contributed by atoms with Crippen LogP contribution in [0.2, 0.25) is 0 Å². The fourth-order valence-corrected chi connectivity index (χ4v) is 2.85. The summed E-state index contributed by atoms with van der Waals surface area (Å²) in [5.74, 6) is -1.69. The molecule has 0 aliphatic rings. The molecule has 0 spiro atoms. The van der Waals surface area contributed by atoms with Gasteiger partial charge >= 0.3 is 11.9 Å². The third-order valence-corrected chi connectivity index (χ3v) is 3.97. The smallest absolute Gasteiger partial charge is 0.371 e. The topological polar surface area (TPSA) is 105 Å². The van der Waals surface area contributed by atoms with Gasteiger partial charge in [-0.3, -0.25) is 4.21 Å². The molecule has 1 aromatic carbocycles. The monoisotopic (exact) mass is 308 g/mol. The molecule has 7 heteroatoms. The second kappa shape index (κ2) is 6.36. The van der Waals surface area contributed by atoms with Gasteiger partial charge in [0.05, 0.1) is 11.3 Å². The lowest BCUT2D eigenvalue weighted by Gasteiger charge is -2.02. The van der Waals surface area contributed by atoms with Crippen molar-refractivity contribution in [3.05, 3.63) is 59.0 Å². The number of carbonyl (C=O) groups is 2. The molecule has 1 heterocycles. The van der Waals surface area contributed by atoms with Crippen LogP contribution >= 0.6 is 0 Å². The summed E-state index contributed by atoms with van der Waals surface area (Å²) in [7, 11) is -1.27. The van der Waals surface area contributed by atoms with E-state index in [4.69, 9.17) is 14.6 Å². The van der Waals surface area contributed by atoms with Gasteiger partial charge in [-0.25, -0.2) is 9.59 Å². The molecule has 1 unspecified atom stereocenters. The van der Waals surface area contributed by atoms with Crippen molar-refractivity contribution in [3.8, 4) is 0 Å². The van der Waals surface area contributed by atoms with Crippen LogP contribution in [0.15, 0.2) is 40.8 Å². The van der Waals surface area contributed by atoms with Crippen molar-refractivity contribution in [2.75, 3.05) is 0 Å². The molecule has 0 saturated carbocycles. The first-order valence-electron chi connectivity index (χ1n) is 5.95. The fourth-order valence-electron chi connectivity index (χ4n) is 1.71. The lowest BCUT2D eigenvalue weighted by molar-refractivity contribution is 0.0658. The highest BCUT2D eigenvalue weighted by Crippen LogP contribution is 2.13. The van der Waals surface area contributed by atoms with Gasteiger partial charge in [0.15, 0.2) is 0 Å². The van der Waals surface area contributed by atoms with Gasteiger partial charge in [-0.15, -0.1) is 0 Å². The number of carboxylic acid groups (broad SMARTS) is 2. The minimum Gasteiger partial charge on any atom is -0.478 e. The number of hydrogen-bond acceptors (Lipinski definition) is 4. The quantitative estimate of drug-likeness (QED) is 0.847. The molecule has 2 N–H and O–H groups in total. The third-order valence-electron chi connectivity index (χ3n) is 2.70. The molecule has 0 bridgehead atoms. The maximum Gasteiger partial charge on any atom is 0.371 e. The van der Waals surface area contributed by atoms with Crippen molar-refractivity contribution in [1.82, 2.24) is 0 Å². The van der Waals surface area contributed by atoms with Crippen LogP contribution in [0.4, 0.5) is 0 Å². The lowest BCUT2D eigenvalue weighted by Crippen LogP contribution is -2.00. The van der Waals surface area contributed by atoms with E-state index in [1.807, 2.05) is 0 Å². The maximum absolute atomic E-state index is 12.0. The molecular weight excluding hydrogens is 296 g/mol. The summed E-state index contributed by atoms with van der Waals surface area (Å²) in [6, 6.07) is 8.90. The summed E-state index contributed by atoms with van der Waals surface area (Å²) < 4.78 is 17.0. The molecule has 0 aliphatic heterocycles. The van der Waals surface area contributed by atoms with Gasteiger partial charge in [0.1, 0.15) is 5.76 Å². The average molecular weight is 308 g/mol. The summed E-state index contributed by atoms with van der Waals surface area (Å²) in [5.41, 5.74) is 0.907. The molecule has 0 amide bonds. The van der Waals surface area contributed by atoms with Crippen LogP contribution < -0.4 is 0 Å². The lowest BCUT2D eigenvalue weighted by atomic mass is 10.1. The Morgan fingerprint density at radius 2 is 1.62 bits per heavy atom. The summed E-state index contributed by atoms with van der Waals surface area (Å²) >= 11 is 0. The molecule has 110 valence electrons. The zero-order valence-electron chi connectivity index (χ0n) is 10.8. The Labute approximate surface area is 122 Å². The molecule has 2 aromatic rings. The number of aromatic carboxylic acids is 2. The zero-order valence-corrected chi connectivity index (χ0v) is 11.6. The Morgan fingerprint density at radius 3 is 2.14 bits per heavy atom. The minimum atomic E-state index is -1.27. The standard InChI is InChI=1S/C14H12O6S/c15-13(16)10-3-1-9(2-4-10)7-21(19)8-11-5-6-12(20-11)14(17)18/h1-6H,7-8H2,(H,15,16)(H,17,18). The summed E-state index contributed by atoms with van der Waals surface area (Å²) in [4.78, 5) is 21.4. The number of carboxylic acids is 2. The van der Waals surface area contributed by atoms with Gasteiger partial charge in [0.25, 0.3) is 0 Å². The van der Waals surface area contributed by atoms with E-state index in [0.29, 0.717) is 5.76 Å². The van der Waals surface area contributed by atoms with Crippen LogP contribution in [0.1, 0.15) is 32.2 Å². The number of furan rings is 1. The Balaban J connectivity index is 1.97.